The van der Waals surface area contributed by atoms with Gasteiger partial charge in [-0.1, -0.05) is 24.3 Å². The van der Waals surface area contributed by atoms with Gasteiger partial charge in [0.15, 0.2) is 0 Å². The molecular weight excluding hydrogens is 328 g/mol. The standard InChI is InChI=1S/C21H28N2O3/c1-2-26-19(24)18-11-17(18)14-23-10-6-5-9-21(23)12-15-7-3-4-8-16(15)13-22-20(21)25/h3-4,7-8,17-18H,2,5-6,9-14H2,1H3,(H,22,25). The summed E-state index contributed by atoms with van der Waals surface area (Å²) in [6.07, 6.45) is 4.75. The Labute approximate surface area is 155 Å². The molecule has 5 heteroatoms. The van der Waals surface area contributed by atoms with E-state index in [-0.39, 0.29) is 17.8 Å². The van der Waals surface area contributed by atoms with Crippen molar-refractivity contribution in [3.8, 4) is 0 Å². The van der Waals surface area contributed by atoms with Crippen LogP contribution in [-0.4, -0.2) is 42.0 Å². The molecule has 5 nitrogen and oxygen atoms in total. The van der Waals surface area contributed by atoms with Crippen molar-refractivity contribution < 1.29 is 14.3 Å². The van der Waals surface area contributed by atoms with Gasteiger partial charge in [0.05, 0.1) is 12.5 Å². The van der Waals surface area contributed by atoms with E-state index in [0.717, 1.165) is 45.2 Å². The molecule has 3 unspecified atom stereocenters. The third kappa shape index (κ3) is 3.13. The van der Waals surface area contributed by atoms with Crippen LogP contribution in [-0.2, 0) is 27.3 Å². The highest BCUT2D eigenvalue weighted by atomic mass is 16.5. The smallest absolute Gasteiger partial charge is 0.309 e. The fraction of sp³-hybridized carbons (Fsp3) is 0.619. The number of benzene rings is 1. The summed E-state index contributed by atoms with van der Waals surface area (Å²) in [5, 5.41) is 3.17. The average molecular weight is 356 g/mol. The summed E-state index contributed by atoms with van der Waals surface area (Å²) in [7, 11) is 0. The second-order valence-electron chi connectivity index (χ2n) is 7.92. The molecule has 0 aromatic heterocycles. The SMILES string of the molecule is CCOC(=O)C1CC1CN1CCCCC12Cc1ccccc1CNC2=O. The summed E-state index contributed by atoms with van der Waals surface area (Å²) in [5.41, 5.74) is 2.03. The van der Waals surface area contributed by atoms with Gasteiger partial charge >= 0.3 is 5.97 Å². The van der Waals surface area contributed by atoms with Crippen LogP contribution in [0.3, 0.4) is 0 Å². The molecule has 1 amide bonds. The van der Waals surface area contributed by atoms with Gasteiger partial charge in [0.1, 0.15) is 5.54 Å². The molecule has 0 radical (unpaired) electrons. The molecule has 1 aromatic rings. The van der Waals surface area contributed by atoms with E-state index >= 15 is 0 Å². The lowest BCUT2D eigenvalue weighted by Crippen LogP contribution is -2.61. The van der Waals surface area contributed by atoms with Gasteiger partial charge in [0, 0.05) is 19.5 Å². The van der Waals surface area contributed by atoms with E-state index in [1.807, 2.05) is 13.0 Å². The molecule has 1 saturated carbocycles. The number of piperidine rings is 1. The van der Waals surface area contributed by atoms with E-state index in [1.54, 1.807) is 0 Å². The van der Waals surface area contributed by atoms with Crippen molar-refractivity contribution in [1.82, 2.24) is 10.2 Å². The lowest BCUT2D eigenvalue weighted by molar-refractivity contribution is -0.145. The molecular formula is C21H28N2O3. The molecule has 1 N–H and O–H groups in total. The molecule has 26 heavy (non-hydrogen) atoms. The normalized spacial score (nSPS) is 31.0. The van der Waals surface area contributed by atoms with Gasteiger partial charge in [-0.05, 0) is 56.2 Å². The Morgan fingerprint density at radius 2 is 2.12 bits per heavy atom. The maximum atomic E-state index is 13.1. The minimum Gasteiger partial charge on any atom is -0.466 e. The topological polar surface area (TPSA) is 58.6 Å². The van der Waals surface area contributed by atoms with Gasteiger partial charge in [0.2, 0.25) is 5.91 Å². The molecule has 1 aliphatic carbocycles. The Hall–Kier alpha value is -1.88. The average Bonchev–Trinajstić information content (AvgIpc) is 3.43. The number of carbonyl (C=O) groups excluding carboxylic acids is 2. The third-order valence-electron chi connectivity index (χ3n) is 6.30. The molecule has 1 aromatic carbocycles. The fourth-order valence-corrected chi connectivity index (χ4v) is 4.72. The molecule has 3 aliphatic rings. The Kier molecular flexibility index (Phi) is 4.74. The zero-order chi connectivity index (χ0) is 18.1. The Morgan fingerprint density at radius 3 is 2.92 bits per heavy atom. The van der Waals surface area contributed by atoms with Gasteiger partial charge in [-0.25, -0.2) is 0 Å². The molecule has 1 saturated heterocycles. The Bertz CT molecular complexity index is 704. The fourth-order valence-electron chi connectivity index (χ4n) is 4.72. The van der Waals surface area contributed by atoms with Gasteiger partial charge < -0.3 is 10.1 Å². The first-order valence-electron chi connectivity index (χ1n) is 9.91. The van der Waals surface area contributed by atoms with Crippen molar-refractivity contribution in [2.75, 3.05) is 19.7 Å². The summed E-state index contributed by atoms with van der Waals surface area (Å²) < 4.78 is 5.17. The van der Waals surface area contributed by atoms with E-state index in [9.17, 15) is 9.59 Å². The van der Waals surface area contributed by atoms with Gasteiger partial charge in [-0.15, -0.1) is 0 Å². The highest BCUT2D eigenvalue weighted by Crippen LogP contribution is 2.43. The molecule has 0 bridgehead atoms. The van der Waals surface area contributed by atoms with Crippen LogP contribution >= 0.6 is 0 Å². The highest BCUT2D eigenvalue weighted by Gasteiger charge is 2.51. The van der Waals surface area contributed by atoms with Crippen LogP contribution in [0, 0.1) is 11.8 Å². The lowest BCUT2D eigenvalue weighted by atomic mass is 9.80. The number of hydrogen-bond acceptors (Lipinski definition) is 4. The van der Waals surface area contributed by atoms with E-state index in [2.05, 4.69) is 28.4 Å². The third-order valence-corrected chi connectivity index (χ3v) is 6.30. The summed E-state index contributed by atoms with van der Waals surface area (Å²) in [6, 6.07) is 8.37. The second-order valence-corrected chi connectivity index (χ2v) is 7.92. The first kappa shape index (κ1) is 17.5. The van der Waals surface area contributed by atoms with E-state index < -0.39 is 5.54 Å². The molecule has 4 rings (SSSR count). The van der Waals surface area contributed by atoms with E-state index in [0.29, 0.717) is 19.1 Å². The van der Waals surface area contributed by atoms with E-state index in [1.165, 1.54) is 11.1 Å². The maximum absolute atomic E-state index is 13.1. The summed E-state index contributed by atoms with van der Waals surface area (Å²) >= 11 is 0. The number of rotatable bonds is 4. The van der Waals surface area contributed by atoms with Gasteiger partial charge in [-0.2, -0.15) is 0 Å². The number of fused-ring (bicyclic) bond motifs is 1. The van der Waals surface area contributed by atoms with Gasteiger partial charge in [0.25, 0.3) is 0 Å². The number of carbonyl (C=O) groups is 2. The minimum atomic E-state index is -0.466. The summed E-state index contributed by atoms with van der Waals surface area (Å²) in [4.78, 5) is 27.5. The molecule has 2 heterocycles. The van der Waals surface area contributed by atoms with Crippen LogP contribution in [0.2, 0.25) is 0 Å². The number of nitrogens with one attached hydrogen (secondary N) is 1. The zero-order valence-electron chi connectivity index (χ0n) is 15.5. The highest BCUT2D eigenvalue weighted by molar-refractivity contribution is 5.87. The molecule has 3 atom stereocenters. The predicted octanol–water partition coefficient (Wildman–Crippen LogP) is 2.28. The first-order chi connectivity index (χ1) is 12.6. The zero-order valence-corrected chi connectivity index (χ0v) is 15.5. The van der Waals surface area contributed by atoms with Crippen molar-refractivity contribution in [3.05, 3.63) is 35.4 Å². The van der Waals surface area contributed by atoms with Crippen molar-refractivity contribution in [1.29, 1.82) is 0 Å². The van der Waals surface area contributed by atoms with Crippen molar-refractivity contribution >= 4 is 11.9 Å². The molecule has 2 aliphatic heterocycles. The van der Waals surface area contributed by atoms with Crippen LogP contribution in [0.25, 0.3) is 0 Å². The molecule has 1 spiro atoms. The van der Waals surface area contributed by atoms with Crippen LogP contribution < -0.4 is 5.32 Å². The second kappa shape index (κ2) is 7.03. The summed E-state index contributed by atoms with van der Waals surface area (Å²) in [6.45, 7) is 4.65. The number of ether oxygens (including phenoxy) is 1. The summed E-state index contributed by atoms with van der Waals surface area (Å²) in [5.74, 6) is 0.436. The van der Waals surface area contributed by atoms with Crippen LogP contribution in [0.4, 0.5) is 0 Å². The lowest BCUT2D eigenvalue weighted by Gasteiger charge is -2.45. The van der Waals surface area contributed by atoms with Crippen molar-refractivity contribution in [3.63, 3.8) is 0 Å². The first-order valence-corrected chi connectivity index (χ1v) is 9.91. The van der Waals surface area contributed by atoms with Crippen LogP contribution in [0.5, 0.6) is 0 Å². The molecule has 140 valence electrons. The van der Waals surface area contributed by atoms with Crippen LogP contribution in [0.15, 0.2) is 24.3 Å². The number of esters is 1. The van der Waals surface area contributed by atoms with Crippen LogP contribution in [0.1, 0.15) is 43.7 Å². The number of hydrogen-bond donors (Lipinski definition) is 1. The maximum Gasteiger partial charge on any atom is 0.309 e. The minimum absolute atomic E-state index is 0.0232. The number of likely N-dealkylation sites (tertiary alicyclic amines) is 1. The number of amides is 1. The van der Waals surface area contributed by atoms with Gasteiger partial charge in [-0.3, -0.25) is 14.5 Å². The number of nitrogens with zero attached hydrogens (tertiary/aromatic N) is 1. The largest absolute Gasteiger partial charge is 0.466 e. The van der Waals surface area contributed by atoms with Crippen molar-refractivity contribution in [2.24, 2.45) is 11.8 Å². The monoisotopic (exact) mass is 356 g/mol. The van der Waals surface area contributed by atoms with E-state index in [4.69, 9.17) is 4.74 Å². The molecule has 2 fully saturated rings. The van der Waals surface area contributed by atoms with Crippen molar-refractivity contribution in [2.45, 2.75) is 51.1 Å². The Balaban J connectivity index is 1.55. The Morgan fingerprint density at radius 1 is 1.31 bits per heavy atom. The quantitative estimate of drug-likeness (QED) is 0.841. The predicted molar refractivity (Wildman–Crippen MR) is 98.4 cm³/mol.